The maximum absolute atomic E-state index is 14.0. The fraction of sp³-hybridized carbons (Fsp3) is 0.440. The number of nitrogens with zero attached hydrogens (tertiary/aromatic N) is 3. The van der Waals surface area contributed by atoms with Crippen molar-refractivity contribution >= 4 is 11.7 Å². The quantitative estimate of drug-likeness (QED) is 0.118. The monoisotopic (exact) mass is 487 g/mol. The van der Waals surface area contributed by atoms with Crippen molar-refractivity contribution < 1.29 is 24.3 Å². The predicted octanol–water partition coefficient (Wildman–Crippen LogP) is 3.35. The zero-order valence-corrected chi connectivity index (χ0v) is 19.8. The highest BCUT2D eigenvalue weighted by Crippen LogP contribution is 2.23. The molecular formula is C25H34FN5O4. The molecule has 1 aliphatic rings. The Hall–Kier alpha value is -3.53. The van der Waals surface area contributed by atoms with Crippen molar-refractivity contribution in [2.75, 3.05) is 32.8 Å². The summed E-state index contributed by atoms with van der Waals surface area (Å²) in [5, 5.41) is 23.2. The zero-order chi connectivity index (χ0) is 25.0. The average molecular weight is 488 g/mol. The third-order valence-corrected chi connectivity index (χ3v) is 6.20. The lowest BCUT2D eigenvalue weighted by molar-refractivity contribution is 0.161. The lowest BCUT2D eigenvalue weighted by Crippen LogP contribution is -2.35. The second-order valence-corrected chi connectivity index (χ2v) is 8.61. The minimum atomic E-state index is -0.582. The number of hydrogen-bond acceptors (Lipinski definition) is 7. The molecule has 0 aromatic heterocycles. The molecule has 35 heavy (non-hydrogen) atoms. The van der Waals surface area contributed by atoms with Crippen molar-refractivity contribution in [3.8, 4) is 11.5 Å². The summed E-state index contributed by atoms with van der Waals surface area (Å²) in [6.07, 6.45) is 5.36. The molecule has 3 rings (SSSR count). The van der Waals surface area contributed by atoms with E-state index in [1.165, 1.54) is 25.0 Å². The minimum absolute atomic E-state index is 0.0446. The number of likely N-dealkylation sites (tertiary alicyclic amines) is 1. The van der Waals surface area contributed by atoms with Crippen LogP contribution >= 0.6 is 0 Å². The Kier molecular flexibility index (Phi) is 9.97. The molecule has 0 bridgehead atoms. The number of ether oxygens (including phenoxy) is 2. The first-order valence-electron chi connectivity index (χ1n) is 11.8. The van der Waals surface area contributed by atoms with Crippen LogP contribution in [0.15, 0.2) is 52.8 Å². The van der Waals surface area contributed by atoms with E-state index in [2.05, 4.69) is 15.2 Å². The standard InChI is InChI=1S/C25H34FN5O4/c26-23-17-21(8-9-22(23)25(28)30-33)35-16-2-12-31-13-10-18(11-14-31)3-1-15-34-20-6-4-19(5-7-20)24(27)29-32/h4-9,17-18,32-33H,1-3,10-16H2,(H2,27,29)(H2,28,30). The number of benzene rings is 2. The average Bonchev–Trinajstić information content (AvgIpc) is 2.89. The largest absolute Gasteiger partial charge is 0.494 e. The number of halogens is 1. The van der Waals surface area contributed by atoms with Gasteiger partial charge in [0.2, 0.25) is 0 Å². The topological polar surface area (TPSA) is 139 Å². The molecule has 6 N–H and O–H groups in total. The summed E-state index contributed by atoms with van der Waals surface area (Å²) in [5.41, 5.74) is 11.7. The van der Waals surface area contributed by atoms with Crippen molar-refractivity contribution in [1.82, 2.24) is 4.90 Å². The van der Waals surface area contributed by atoms with Crippen molar-refractivity contribution in [3.63, 3.8) is 0 Å². The highest BCUT2D eigenvalue weighted by atomic mass is 19.1. The lowest BCUT2D eigenvalue weighted by Gasteiger charge is -2.32. The fourth-order valence-electron chi connectivity index (χ4n) is 4.17. The van der Waals surface area contributed by atoms with Gasteiger partial charge < -0.3 is 36.3 Å². The van der Waals surface area contributed by atoms with Crippen LogP contribution in [0.25, 0.3) is 0 Å². The Labute approximate surface area is 204 Å². The van der Waals surface area contributed by atoms with Crippen LogP contribution in [0, 0.1) is 11.7 Å². The lowest BCUT2D eigenvalue weighted by atomic mass is 9.92. The highest BCUT2D eigenvalue weighted by Gasteiger charge is 2.18. The van der Waals surface area contributed by atoms with E-state index in [-0.39, 0.29) is 17.2 Å². The van der Waals surface area contributed by atoms with E-state index in [4.69, 9.17) is 31.4 Å². The molecule has 0 saturated carbocycles. The van der Waals surface area contributed by atoms with E-state index < -0.39 is 5.82 Å². The maximum atomic E-state index is 14.0. The van der Waals surface area contributed by atoms with Crippen LogP contribution in [-0.4, -0.2) is 59.8 Å². The van der Waals surface area contributed by atoms with E-state index in [1.807, 2.05) is 12.1 Å². The molecule has 190 valence electrons. The van der Waals surface area contributed by atoms with Gasteiger partial charge in [-0.1, -0.05) is 10.3 Å². The smallest absolute Gasteiger partial charge is 0.173 e. The number of oxime groups is 2. The summed E-state index contributed by atoms with van der Waals surface area (Å²) in [5.74, 6) is 1.15. The molecule has 0 amide bonds. The van der Waals surface area contributed by atoms with Crippen LogP contribution in [0.2, 0.25) is 0 Å². The number of rotatable bonds is 12. The normalized spacial score (nSPS) is 15.8. The van der Waals surface area contributed by atoms with Gasteiger partial charge in [-0.2, -0.15) is 0 Å². The molecule has 0 aliphatic carbocycles. The summed E-state index contributed by atoms with van der Waals surface area (Å²) in [6.45, 7) is 4.26. The van der Waals surface area contributed by atoms with Gasteiger partial charge in [0, 0.05) is 18.2 Å². The molecule has 2 aromatic carbocycles. The first-order valence-corrected chi connectivity index (χ1v) is 11.8. The summed E-state index contributed by atoms with van der Waals surface area (Å²) in [4.78, 5) is 2.45. The van der Waals surface area contributed by atoms with Crippen molar-refractivity contribution in [3.05, 3.63) is 59.4 Å². The second kappa shape index (κ2) is 13.4. The summed E-state index contributed by atoms with van der Waals surface area (Å²) in [6, 6.07) is 11.5. The maximum Gasteiger partial charge on any atom is 0.173 e. The molecule has 9 nitrogen and oxygen atoms in total. The van der Waals surface area contributed by atoms with E-state index >= 15 is 0 Å². The van der Waals surface area contributed by atoms with Crippen LogP contribution in [-0.2, 0) is 0 Å². The molecule has 1 fully saturated rings. The Morgan fingerprint density at radius 1 is 0.914 bits per heavy atom. The van der Waals surface area contributed by atoms with Crippen LogP contribution in [0.5, 0.6) is 11.5 Å². The van der Waals surface area contributed by atoms with Gasteiger partial charge in [-0.3, -0.25) is 0 Å². The van der Waals surface area contributed by atoms with Crippen LogP contribution in [0.1, 0.15) is 43.2 Å². The third kappa shape index (κ3) is 8.03. The van der Waals surface area contributed by atoms with E-state index in [0.29, 0.717) is 30.4 Å². The SMILES string of the molecule is N/C(=N\O)c1ccc(OCCCN2CCC(CCCOc3ccc(/C(N)=N\O)cc3)CC2)cc1F. The number of amidine groups is 2. The van der Waals surface area contributed by atoms with Crippen LogP contribution in [0.3, 0.4) is 0 Å². The Morgan fingerprint density at radius 3 is 2.20 bits per heavy atom. The number of hydrogen-bond donors (Lipinski definition) is 4. The van der Waals surface area contributed by atoms with Crippen LogP contribution in [0.4, 0.5) is 4.39 Å². The third-order valence-electron chi connectivity index (χ3n) is 6.20. The Bertz CT molecular complexity index is 992. The molecule has 0 spiro atoms. The van der Waals surface area contributed by atoms with E-state index in [0.717, 1.165) is 44.6 Å². The van der Waals surface area contributed by atoms with Gasteiger partial charge in [0.1, 0.15) is 17.3 Å². The molecule has 0 atom stereocenters. The van der Waals surface area contributed by atoms with Gasteiger partial charge in [0.15, 0.2) is 11.7 Å². The van der Waals surface area contributed by atoms with Crippen LogP contribution < -0.4 is 20.9 Å². The van der Waals surface area contributed by atoms with Crippen molar-refractivity contribution in [2.45, 2.75) is 32.1 Å². The molecule has 2 aromatic rings. The molecular weight excluding hydrogens is 453 g/mol. The molecule has 1 aliphatic heterocycles. The Balaban J connectivity index is 1.26. The molecule has 0 radical (unpaired) electrons. The number of nitrogens with two attached hydrogens (primary N) is 2. The van der Waals surface area contributed by atoms with Crippen molar-refractivity contribution in [2.24, 2.45) is 27.7 Å². The highest BCUT2D eigenvalue weighted by molar-refractivity contribution is 5.97. The Morgan fingerprint density at radius 2 is 1.54 bits per heavy atom. The predicted molar refractivity (Wildman–Crippen MR) is 132 cm³/mol. The second-order valence-electron chi connectivity index (χ2n) is 8.61. The summed E-state index contributed by atoms with van der Waals surface area (Å²) >= 11 is 0. The van der Waals surface area contributed by atoms with Gasteiger partial charge in [0.05, 0.1) is 18.8 Å². The fourth-order valence-corrected chi connectivity index (χ4v) is 4.17. The van der Waals surface area contributed by atoms with Crippen molar-refractivity contribution in [1.29, 1.82) is 0 Å². The van der Waals surface area contributed by atoms with E-state index in [1.54, 1.807) is 18.2 Å². The van der Waals surface area contributed by atoms with Gasteiger partial charge in [-0.25, -0.2) is 4.39 Å². The zero-order valence-electron chi connectivity index (χ0n) is 19.8. The molecule has 10 heteroatoms. The molecule has 0 unspecified atom stereocenters. The van der Waals surface area contributed by atoms with Gasteiger partial charge in [-0.15, -0.1) is 0 Å². The summed E-state index contributed by atoms with van der Waals surface area (Å²) < 4.78 is 25.4. The van der Waals surface area contributed by atoms with Gasteiger partial charge in [0.25, 0.3) is 0 Å². The van der Waals surface area contributed by atoms with Gasteiger partial charge in [-0.05, 0) is 87.5 Å². The minimum Gasteiger partial charge on any atom is -0.494 e. The first-order chi connectivity index (χ1) is 17.0. The first kappa shape index (κ1) is 26.1. The molecule has 1 saturated heterocycles. The van der Waals surface area contributed by atoms with E-state index in [9.17, 15) is 4.39 Å². The number of piperidine rings is 1. The summed E-state index contributed by atoms with van der Waals surface area (Å²) in [7, 11) is 0. The van der Waals surface area contributed by atoms with Gasteiger partial charge >= 0.3 is 0 Å². The molecule has 1 heterocycles.